The Morgan fingerprint density at radius 3 is 1.33 bits per heavy atom. The quantitative estimate of drug-likeness (QED) is 0.126. The highest BCUT2D eigenvalue weighted by molar-refractivity contribution is 5.86. The molecule has 0 aromatic heterocycles. The van der Waals surface area contributed by atoms with E-state index in [9.17, 15) is 35.1 Å². The molecule has 1 aliphatic carbocycles. The molecule has 0 aromatic carbocycles. The van der Waals surface area contributed by atoms with Gasteiger partial charge in [-0.15, -0.1) is 37.2 Å². The third-order valence-corrected chi connectivity index (χ3v) is 4.38. The highest BCUT2D eigenvalue weighted by atomic mass is 35.5. The van der Waals surface area contributed by atoms with Crippen molar-refractivity contribution in [2.75, 3.05) is 26.2 Å². The fourth-order valence-corrected chi connectivity index (χ4v) is 2.93. The van der Waals surface area contributed by atoms with E-state index in [0.717, 1.165) is 0 Å². The number of aliphatic hydroxyl groups is 6. The van der Waals surface area contributed by atoms with Crippen molar-refractivity contribution in [2.45, 2.75) is 48.6 Å². The summed E-state index contributed by atoms with van der Waals surface area (Å²) in [5.41, 5.74) is 0. The Morgan fingerprint density at radius 2 is 1.03 bits per heavy atom. The minimum absolute atomic E-state index is 0. The molecule has 1 fully saturated rings. The molecule has 2 unspecified atom stereocenters. The van der Waals surface area contributed by atoms with Crippen LogP contribution in [0.2, 0.25) is 0 Å². The fourth-order valence-electron chi connectivity index (χ4n) is 2.93. The zero-order valence-corrected chi connectivity index (χ0v) is 18.0. The van der Waals surface area contributed by atoms with E-state index in [2.05, 4.69) is 16.0 Å². The van der Waals surface area contributed by atoms with Crippen molar-refractivity contribution in [3.8, 4) is 0 Å². The first-order valence-electron chi connectivity index (χ1n) is 8.25. The summed E-state index contributed by atoms with van der Waals surface area (Å²) >= 11 is 0. The minimum Gasteiger partial charge on any atom is -0.480 e. The maximum absolute atomic E-state index is 10.8. The van der Waals surface area contributed by atoms with E-state index < -0.39 is 80.3 Å². The van der Waals surface area contributed by atoms with Gasteiger partial charge >= 0.3 is 11.9 Å². The van der Waals surface area contributed by atoms with Gasteiger partial charge in [0.1, 0.15) is 6.10 Å². The van der Waals surface area contributed by atoms with Gasteiger partial charge in [-0.1, -0.05) is 0 Å². The molecule has 11 N–H and O–H groups in total. The Morgan fingerprint density at radius 1 is 0.700 bits per heavy atom. The molecule has 182 valence electrons. The molecular formula is C14H30Cl3N3O10. The van der Waals surface area contributed by atoms with Gasteiger partial charge in [0.05, 0.1) is 62.2 Å². The van der Waals surface area contributed by atoms with Gasteiger partial charge in [-0.3, -0.25) is 20.2 Å². The molecule has 0 amide bonds. The van der Waals surface area contributed by atoms with Crippen LogP contribution in [0.15, 0.2) is 0 Å². The zero-order chi connectivity index (χ0) is 20.7. The molecule has 0 saturated heterocycles. The van der Waals surface area contributed by atoms with Crippen molar-refractivity contribution < 1.29 is 50.4 Å². The Kier molecular flexibility index (Phi) is 18.3. The van der Waals surface area contributed by atoms with Gasteiger partial charge < -0.3 is 46.2 Å². The number of rotatable bonds is 11. The average Bonchev–Trinajstić information content (AvgIpc) is 2.59. The molecule has 1 aliphatic rings. The number of nitrogens with one attached hydrogen (secondary N) is 3. The summed E-state index contributed by atoms with van der Waals surface area (Å²) in [7, 11) is 0. The molecule has 0 aliphatic heterocycles. The second kappa shape index (κ2) is 16.1. The van der Waals surface area contributed by atoms with E-state index in [1.807, 2.05) is 0 Å². The third-order valence-electron chi connectivity index (χ3n) is 4.38. The summed E-state index contributed by atoms with van der Waals surface area (Å²) < 4.78 is 0. The SMILES string of the molecule is Cl.Cl.Cl.O=C(O)CN[C@@H]1C(O)[C@H](NCC(=O)O)[C@H](O)C(NC[C@H](O)[C@H](O)CO)[C@@H]1O. The number of carbonyl (C=O) groups is 2. The van der Waals surface area contributed by atoms with Crippen molar-refractivity contribution in [3.63, 3.8) is 0 Å². The first-order chi connectivity index (χ1) is 12.6. The van der Waals surface area contributed by atoms with Gasteiger partial charge in [0.15, 0.2) is 0 Å². The zero-order valence-electron chi connectivity index (χ0n) is 15.6. The lowest BCUT2D eigenvalue weighted by Gasteiger charge is -2.47. The monoisotopic (exact) mass is 505 g/mol. The van der Waals surface area contributed by atoms with Crippen LogP contribution in [0.1, 0.15) is 0 Å². The molecule has 0 heterocycles. The van der Waals surface area contributed by atoms with Crippen LogP contribution in [-0.4, -0.2) is 128 Å². The minimum atomic E-state index is -1.53. The van der Waals surface area contributed by atoms with Gasteiger partial charge in [0, 0.05) is 6.54 Å². The van der Waals surface area contributed by atoms with Crippen LogP contribution < -0.4 is 16.0 Å². The number of hydrogen-bond donors (Lipinski definition) is 11. The van der Waals surface area contributed by atoms with Crippen LogP contribution in [0, 0.1) is 0 Å². The molecule has 1 saturated carbocycles. The molecule has 0 aromatic rings. The third kappa shape index (κ3) is 9.72. The highest BCUT2D eigenvalue weighted by Gasteiger charge is 2.49. The van der Waals surface area contributed by atoms with Crippen molar-refractivity contribution in [2.24, 2.45) is 0 Å². The number of aliphatic carboxylic acids is 2. The topological polar surface area (TPSA) is 232 Å². The lowest BCUT2D eigenvalue weighted by Crippen LogP contribution is -2.74. The predicted octanol–water partition coefficient (Wildman–Crippen LogP) is -4.89. The Labute approximate surface area is 190 Å². The van der Waals surface area contributed by atoms with E-state index in [4.69, 9.17) is 15.3 Å². The first-order valence-corrected chi connectivity index (χ1v) is 8.25. The largest absolute Gasteiger partial charge is 0.480 e. The summed E-state index contributed by atoms with van der Waals surface area (Å²) in [6, 6.07) is -3.70. The molecule has 8 atom stereocenters. The van der Waals surface area contributed by atoms with Crippen LogP contribution in [0.5, 0.6) is 0 Å². The fraction of sp³-hybridized carbons (Fsp3) is 0.857. The van der Waals surface area contributed by atoms with Crippen molar-refractivity contribution in [1.29, 1.82) is 0 Å². The van der Waals surface area contributed by atoms with Crippen LogP contribution in [0.25, 0.3) is 0 Å². The molecule has 0 bridgehead atoms. The normalized spacial score (nSPS) is 30.1. The summed E-state index contributed by atoms with van der Waals surface area (Å²) in [5, 5.41) is 84.0. The lowest BCUT2D eigenvalue weighted by molar-refractivity contribution is -0.138. The van der Waals surface area contributed by atoms with Gasteiger partial charge in [-0.2, -0.15) is 0 Å². The summed E-state index contributed by atoms with van der Waals surface area (Å²) in [4.78, 5) is 21.5. The van der Waals surface area contributed by atoms with Crippen LogP contribution in [0.3, 0.4) is 0 Å². The number of halogens is 3. The highest BCUT2D eigenvalue weighted by Crippen LogP contribution is 2.22. The number of hydrogen-bond acceptors (Lipinski definition) is 11. The van der Waals surface area contributed by atoms with Crippen molar-refractivity contribution >= 4 is 49.2 Å². The molecule has 1 rings (SSSR count). The molecule has 16 heteroatoms. The number of carboxylic acid groups (broad SMARTS) is 2. The van der Waals surface area contributed by atoms with Crippen molar-refractivity contribution in [3.05, 3.63) is 0 Å². The second-order valence-corrected chi connectivity index (χ2v) is 6.32. The molecule has 0 radical (unpaired) electrons. The standard InChI is InChI=1S/C14H27N3O10.3ClH/c18-4-6(20)5(19)1-15-9-12(25)10(16-2-7(21)22)14(27)11(13(9)26)17-3-8(23)24;;;/h5-6,9-20,25-27H,1-4H2,(H,21,22)(H,23,24);3*1H/t5-,6+,9?,10-,11+,12-,13+,14?;;;/m0.../s1. The van der Waals surface area contributed by atoms with Gasteiger partial charge in [-0.05, 0) is 0 Å². The van der Waals surface area contributed by atoms with Crippen LogP contribution >= 0.6 is 37.2 Å². The summed E-state index contributed by atoms with van der Waals surface area (Å²) in [5.74, 6) is -2.52. The van der Waals surface area contributed by atoms with E-state index in [0.29, 0.717) is 0 Å². The van der Waals surface area contributed by atoms with E-state index in [1.54, 1.807) is 0 Å². The van der Waals surface area contributed by atoms with Crippen LogP contribution in [-0.2, 0) is 9.59 Å². The Bertz CT molecular complexity index is 478. The van der Waals surface area contributed by atoms with Gasteiger partial charge in [0.2, 0.25) is 0 Å². The number of carboxylic acids is 2. The van der Waals surface area contributed by atoms with E-state index >= 15 is 0 Å². The smallest absolute Gasteiger partial charge is 0.317 e. The molecular weight excluding hydrogens is 477 g/mol. The lowest BCUT2D eigenvalue weighted by atomic mass is 9.79. The Hall–Kier alpha value is -0.550. The summed E-state index contributed by atoms with van der Waals surface area (Å²) in [6.45, 7) is -2.30. The molecule has 0 spiro atoms. The van der Waals surface area contributed by atoms with Crippen LogP contribution in [0.4, 0.5) is 0 Å². The maximum Gasteiger partial charge on any atom is 0.317 e. The molecule has 30 heavy (non-hydrogen) atoms. The van der Waals surface area contributed by atoms with E-state index in [-0.39, 0.29) is 43.8 Å². The van der Waals surface area contributed by atoms with Gasteiger partial charge in [-0.25, -0.2) is 0 Å². The second-order valence-electron chi connectivity index (χ2n) is 6.32. The number of aliphatic hydroxyl groups excluding tert-OH is 6. The van der Waals surface area contributed by atoms with E-state index in [1.165, 1.54) is 0 Å². The predicted molar refractivity (Wildman–Crippen MR) is 110 cm³/mol. The molecule has 13 nitrogen and oxygen atoms in total. The van der Waals surface area contributed by atoms with Gasteiger partial charge in [0.25, 0.3) is 0 Å². The Balaban J connectivity index is -0.00000243. The first kappa shape index (κ1) is 34.1. The maximum atomic E-state index is 10.8. The van der Waals surface area contributed by atoms with Crippen molar-refractivity contribution in [1.82, 2.24) is 16.0 Å². The average molecular weight is 507 g/mol. The summed E-state index contributed by atoms with van der Waals surface area (Å²) in [6.07, 6.45) is -7.47.